The molecule has 272 valence electrons. The highest BCUT2D eigenvalue weighted by Crippen LogP contribution is 2.35. The maximum absolute atomic E-state index is 14.1. The fourth-order valence-corrected chi connectivity index (χ4v) is 6.62. The van der Waals surface area contributed by atoms with Crippen molar-refractivity contribution in [2.24, 2.45) is 0 Å². The van der Waals surface area contributed by atoms with Gasteiger partial charge < -0.3 is 39.9 Å². The first-order chi connectivity index (χ1) is 24.8. The summed E-state index contributed by atoms with van der Waals surface area (Å²) in [4.78, 5) is 55.2. The predicted octanol–water partition coefficient (Wildman–Crippen LogP) is 4.26. The van der Waals surface area contributed by atoms with Gasteiger partial charge in [0.15, 0.2) is 12.2 Å². The fraction of sp³-hybridized carbons (Fsp3) is 0.308. The first-order valence-corrected chi connectivity index (χ1v) is 16.9. The molecule has 1 aliphatic heterocycles. The van der Waals surface area contributed by atoms with Crippen molar-refractivity contribution in [2.75, 3.05) is 16.3 Å². The zero-order valence-electron chi connectivity index (χ0n) is 29.1. The topological polar surface area (TPSA) is 194 Å². The first kappa shape index (κ1) is 37.6. The SMILES string of the molecule is CCN(C(=O)c1ccc2n1Cc1ccccc1N(C(=O)c1ccc(C3=C(C)[C@H](O)CCC3)c(C)c1)C2)c1cccnc1.O=C(O)[C@H](O)[C@@H](O)C(=O)O. The van der Waals surface area contributed by atoms with Crippen LogP contribution in [0.3, 0.4) is 0 Å². The van der Waals surface area contributed by atoms with Crippen LogP contribution >= 0.6 is 0 Å². The zero-order valence-corrected chi connectivity index (χ0v) is 29.1. The quantitative estimate of drug-likeness (QED) is 0.176. The van der Waals surface area contributed by atoms with Crippen LogP contribution in [-0.2, 0) is 22.7 Å². The van der Waals surface area contributed by atoms with Gasteiger partial charge in [-0.1, -0.05) is 24.3 Å². The number of nitrogens with zero attached hydrogens (tertiary/aromatic N) is 4. The third-order valence-electron chi connectivity index (χ3n) is 9.47. The molecule has 0 unspecified atom stereocenters. The molecular weight excluding hydrogens is 668 g/mol. The number of aliphatic hydroxyl groups is 3. The average molecular weight is 711 g/mol. The number of carboxylic acid groups (broad SMARTS) is 2. The largest absolute Gasteiger partial charge is 0.479 e. The van der Waals surface area contributed by atoms with Crippen molar-refractivity contribution in [1.29, 1.82) is 0 Å². The molecule has 0 radical (unpaired) electrons. The molecule has 1 aliphatic carbocycles. The molecule has 0 saturated carbocycles. The summed E-state index contributed by atoms with van der Waals surface area (Å²) in [6.07, 6.45) is 1.16. The number of aryl methyl sites for hydroxylation is 1. The summed E-state index contributed by atoms with van der Waals surface area (Å²) in [6, 6.07) is 21.4. The van der Waals surface area contributed by atoms with Crippen molar-refractivity contribution in [2.45, 2.75) is 71.4 Å². The molecule has 5 N–H and O–H groups in total. The van der Waals surface area contributed by atoms with Crippen molar-refractivity contribution in [3.05, 3.63) is 118 Å². The summed E-state index contributed by atoms with van der Waals surface area (Å²) in [5, 5.41) is 42.9. The minimum Gasteiger partial charge on any atom is -0.479 e. The Bertz CT molecular complexity index is 1990. The van der Waals surface area contributed by atoms with Crippen molar-refractivity contribution >= 4 is 40.7 Å². The second-order valence-electron chi connectivity index (χ2n) is 12.7. The maximum atomic E-state index is 14.1. The van der Waals surface area contributed by atoms with Gasteiger partial charge in [-0.2, -0.15) is 0 Å². The van der Waals surface area contributed by atoms with Gasteiger partial charge in [-0.05, 0) is 110 Å². The van der Waals surface area contributed by atoms with E-state index in [4.69, 9.17) is 20.4 Å². The molecule has 0 spiro atoms. The Labute approximate surface area is 300 Å². The number of aliphatic hydroxyl groups excluding tert-OH is 3. The number of hydrogen-bond donors (Lipinski definition) is 5. The normalized spacial score (nSPS) is 16.3. The number of hydrogen-bond acceptors (Lipinski definition) is 8. The molecule has 0 fully saturated rings. The number of amides is 2. The third-order valence-corrected chi connectivity index (χ3v) is 9.47. The summed E-state index contributed by atoms with van der Waals surface area (Å²) in [5.74, 6) is -3.72. The van der Waals surface area contributed by atoms with E-state index in [1.807, 2.05) is 97.0 Å². The number of carbonyl (C=O) groups is 4. The fourth-order valence-electron chi connectivity index (χ4n) is 6.62. The van der Waals surface area contributed by atoms with Crippen molar-refractivity contribution in [3.63, 3.8) is 0 Å². The van der Waals surface area contributed by atoms with Crippen LogP contribution in [0.5, 0.6) is 0 Å². The molecular formula is C39H42N4O9. The average Bonchev–Trinajstić information content (AvgIpc) is 3.45. The number of benzene rings is 2. The number of carbonyl (C=O) groups excluding carboxylic acids is 2. The van der Waals surface area contributed by atoms with E-state index in [-0.39, 0.29) is 11.8 Å². The van der Waals surface area contributed by atoms with Gasteiger partial charge in [0, 0.05) is 29.7 Å². The molecule has 3 atom stereocenters. The van der Waals surface area contributed by atoms with E-state index in [2.05, 4.69) is 4.98 Å². The molecule has 2 aliphatic rings. The van der Waals surface area contributed by atoms with Gasteiger partial charge in [-0.25, -0.2) is 9.59 Å². The van der Waals surface area contributed by atoms with E-state index in [9.17, 15) is 24.3 Å². The lowest BCUT2D eigenvalue weighted by Crippen LogP contribution is -2.39. The van der Waals surface area contributed by atoms with E-state index in [0.29, 0.717) is 30.9 Å². The standard InChI is InChI=1S/C35H36N4O3.C4H6O6/c1-4-37(27-10-8-18-36-20-27)35(42)32-17-15-28-22-39(31-12-6-5-9-26(31)21-38(28)32)34(41)25-14-16-29(23(2)19-25)30-11-7-13-33(40)24(30)3;5-1(3(7)8)2(6)4(9)10/h5-6,8-10,12,14-20,33,40H,4,7,11,13,21-22H2,1-3H3;1-2,5-6H,(H,7,8)(H,9,10)/t33-;1-,2-/m11/s1. The molecule has 2 amide bonds. The number of carboxylic acids is 2. The lowest BCUT2D eigenvalue weighted by Gasteiger charge is -2.25. The lowest BCUT2D eigenvalue weighted by atomic mass is 9.84. The Kier molecular flexibility index (Phi) is 11.7. The molecule has 3 heterocycles. The third kappa shape index (κ3) is 7.81. The van der Waals surface area contributed by atoms with E-state index < -0.39 is 30.3 Å². The van der Waals surface area contributed by atoms with Gasteiger partial charge in [0.1, 0.15) is 5.69 Å². The number of rotatable bonds is 8. The van der Waals surface area contributed by atoms with E-state index in [1.165, 1.54) is 5.57 Å². The smallest absolute Gasteiger partial charge is 0.335 e. The lowest BCUT2D eigenvalue weighted by molar-refractivity contribution is -0.165. The van der Waals surface area contributed by atoms with E-state index in [1.54, 1.807) is 17.3 Å². The van der Waals surface area contributed by atoms with Crippen molar-refractivity contribution in [3.8, 4) is 0 Å². The van der Waals surface area contributed by atoms with E-state index >= 15 is 0 Å². The van der Waals surface area contributed by atoms with Crippen molar-refractivity contribution < 1.29 is 44.7 Å². The van der Waals surface area contributed by atoms with Crippen LogP contribution in [0.1, 0.15) is 76.3 Å². The number of pyridine rings is 1. The molecule has 0 bridgehead atoms. The van der Waals surface area contributed by atoms with Crippen LogP contribution < -0.4 is 9.80 Å². The van der Waals surface area contributed by atoms with Gasteiger partial charge >= 0.3 is 11.9 Å². The Hall–Kier alpha value is -5.63. The van der Waals surface area contributed by atoms with Crippen LogP contribution in [0.2, 0.25) is 0 Å². The minimum absolute atomic E-state index is 0.0837. The van der Waals surface area contributed by atoms with Crippen LogP contribution in [0.4, 0.5) is 11.4 Å². The van der Waals surface area contributed by atoms with Crippen LogP contribution in [-0.4, -0.2) is 83.7 Å². The molecule has 13 heteroatoms. The van der Waals surface area contributed by atoms with Gasteiger partial charge in [0.25, 0.3) is 11.8 Å². The highest BCUT2D eigenvalue weighted by atomic mass is 16.4. The van der Waals surface area contributed by atoms with E-state index in [0.717, 1.165) is 58.6 Å². The molecule has 4 aromatic rings. The highest BCUT2D eigenvalue weighted by Gasteiger charge is 2.31. The summed E-state index contributed by atoms with van der Waals surface area (Å²) < 4.78 is 2.03. The number of aromatic nitrogens is 2. The van der Waals surface area contributed by atoms with Crippen LogP contribution in [0.15, 0.2) is 84.7 Å². The molecule has 6 rings (SSSR count). The monoisotopic (exact) mass is 710 g/mol. The molecule has 52 heavy (non-hydrogen) atoms. The van der Waals surface area contributed by atoms with Crippen LogP contribution in [0.25, 0.3) is 5.57 Å². The van der Waals surface area contributed by atoms with Gasteiger partial charge in [-0.3, -0.25) is 14.6 Å². The second kappa shape index (κ2) is 16.1. The molecule has 0 saturated heterocycles. The van der Waals surface area contributed by atoms with Crippen molar-refractivity contribution in [1.82, 2.24) is 9.55 Å². The first-order valence-electron chi connectivity index (χ1n) is 16.9. The Balaban J connectivity index is 0.000000459. The van der Waals surface area contributed by atoms with Gasteiger partial charge in [0.2, 0.25) is 0 Å². The number of para-hydroxylation sites is 1. The Morgan fingerprint density at radius 3 is 2.27 bits per heavy atom. The highest BCUT2D eigenvalue weighted by molar-refractivity contribution is 6.07. The summed E-state index contributed by atoms with van der Waals surface area (Å²) in [6.45, 7) is 7.34. The number of aliphatic carboxylic acids is 2. The summed E-state index contributed by atoms with van der Waals surface area (Å²) >= 11 is 0. The predicted molar refractivity (Wildman–Crippen MR) is 193 cm³/mol. The molecule has 2 aromatic carbocycles. The Morgan fingerprint density at radius 1 is 0.923 bits per heavy atom. The number of fused-ring (bicyclic) bond motifs is 2. The second-order valence-corrected chi connectivity index (χ2v) is 12.7. The summed E-state index contributed by atoms with van der Waals surface area (Å²) in [5.41, 5.74) is 9.01. The summed E-state index contributed by atoms with van der Waals surface area (Å²) in [7, 11) is 0. The van der Waals surface area contributed by atoms with Crippen LogP contribution in [0, 0.1) is 6.92 Å². The number of anilines is 2. The number of allylic oxidation sites excluding steroid dienone is 1. The Morgan fingerprint density at radius 2 is 1.63 bits per heavy atom. The minimum atomic E-state index is -2.27. The molecule has 2 aromatic heterocycles. The maximum Gasteiger partial charge on any atom is 0.335 e. The molecule has 13 nitrogen and oxygen atoms in total. The van der Waals surface area contributed by atoms with Gasteiger partial charge in [0.05, 0.1) is 31.1 Å². The van der Waals surface area contributed by atoms with Gasteiger partial charge in [-0.15, -0.1) is 0 Å². The zero-order chi connectivity index (χ0) is 37.7.